The number of piperazine rings is 1. The minimum atomic E-state index is 0.911. The fourth-order valence-electron chi connectivity index (χ4n) is 3.58. The topological polar surface area (TPSA) is 21.8 Å². The smallest absolute Gasteiger partial charge is 0.116 e. The molecule has 1 fully saturated rings. The van der Waals surface area contributed by atoms with Crippen LogP contribution in [-0.4, -0.2) is 43.1 Å². The summed E-state index contributed by atoms with van der Waals surface area (Å²) < 4.78 is 0. The Bertz CT molecular complexity index is 731. The molecule has 1 aromatic heterocycles. The van der Waals surface area contributed by atoms with Crippen molar-refractivity contribution in [1.82, 2.24) is 9.91 Å². The summed E-state index contributed by atoms with van der Waals surface area (Å²) >= 11 is 1.95. The molecule has 4 nitrogen and oxygen atoms in total. The maximum atomic E-state index is 3.69. The second-order valence-corrected chi connectivity index (χ2v) is 7.90. The molecule has 5 heteroatoms. The maximum Gasteiger partial charge on any atom is 0.116 e. The van der Waals surface area contributed by atoms with Crippen molar-refractivity contribution >= 4 is 27.7 Å². The number of hydrogen-bond donors (Lipinski definition) is 1. The van der Waals surface area contributed by atoms with Crippen LogP contribution in [0.2, 0.25) is 0 Å². The SMILES string of the molecule is CCc1cc2c(s1)N(N1CCN(C)CC1)c1cccc(C)c1NC2. The Hall–Kier alpha value is -1.56. The van der Waals surface area contributed by atoms with Gasteiger partial charge in [-0.3, -0.25) is 5.01 Å². The fraction of sp³-hybridized carbons (Fsp3) is 0.474. The van der Waals surface area contributed by atoms with Crippen molar-refractivity contribution in [1.29, 1.82) is 0 Å². The zero-order valence-electron chi connectivity index (χ0n) is 14.8. The van der Waals surface area contributed by atoms with Gasteiger partial charge in [0, 0.05) is 43.2 Å². The molecular weight excluding hydrogens is 316 g/mol. The Morgan fingerprint density at radius 2 is 1.96 bits per heavy atom. The Morgan fingerprint density at radius 1 is 1.17 bits per heavy atom. The molecule has 2 aliphatic heterocycles. The monoisotopic (exact) mass is 342 g/mol. The van der Waals surface area contributed by atoms with E-state index >= 15 is 0 Å². The molecule has 0 atom stereocenters. The number of likely N-dealkylation sites (N-methyl/N-ethyl adjacent to an activating group) is 1. The molecule has 3 heterocycles. The number of anilines is 3. The Kier molecular flexibility index (Phi) is 4.24. The van der Waals surface area contributed by atoms with Crippen LogP contribution in [0.4, 0.5) is 16.4 Å². The van der Waals surface area contributed by atoms with E-state index in [-0.39, 0.29) is 0 Å². The van der Waals surface area contributed by atoms with Crippen LogP contribution < -0.4 is 10.3 Å². The highest BCUT2D eigenvalue weighted by Gasteiger charge is 2.29. The molecule has 128 valence electrons. The van der Waals surface area contributed by atoms with Gasteiger partial charge >= 0.3 is 0 Å². The summed E-state index contributed by atoms with van der Waals surface area (Å²) in [5, 5.41) is 10.1. The number of para-hydroxylation sites is 1. The lowest BCUT2D eigenvalue weighted by Gasteiger charge is -2.41. The minimum Gasteiger partial charge on any atom is -0.379 e. The molecule has 0 aliphatic carbocycles. The van der Waals surface area contributed by atoms with Crippen LogP contribution in [0.5, 0.6) is 0 Å². The number of fused-ring (bicyclic) bond motifs is 2. The molecule has 0 amide bonds. The predicted octanol–water partition coefficient (Wildman–Crippen LogP) is 3.84. The quantitative estimate of drug-likeness (QED) is 0.895. The van der Waals surface area contributed by atoms with E-state index in [9.17, 15) is 0 Å². The first-order valence-electron chi connectivity index (χ1n) is 8.86. The summed E-state index contributed by atoms with van der Waals surface area (Å²) in [6, 6.07) is 9.02. The molecule has 1 N–H and O–H groups in total. The number of benzene rings is 1. The molecule has 2 aromatic rings. The number of thiophene rings is 1. The van der Waals surface area contributed by atoms with Gasteiger partial charge in [0.05, 0.1) is 11.4 Å². The Balaban J connectivity index is 1.82. The first kappa shape index (κ1) is 15.9. The first-order valence-corrected chi connectivity index (χ1v) is 9.67. The van der Waals surface area contributed by atoms with E-state index in [1.807, 2.05) is 11.3 Å². The van der Waals surface area contributed by atoms with Crippen molar-refractivity contribution in [3.05, 3.63) is 40.3 Å². The number of nitrogens with one attached hydrogen (secondary N) is 1. The van der Waals surface area contributed by atoms with E-state index in [0.717, 1.165) is 39.1 Å². The summed E-state index contributed by atoms with van der Waals surface area (Å²) in [5.41, 5.74) is 5.31. The zero-order valence-corrected chi connectivity index (χ0v) is 15.6. The van der Waals surface area contributed by atoms with Crippen LogP contribution in [0.25, 0.3) is 0 Å². The number of rotatable bonds is 2. The van der Waals surface area contributed by atoms with E-state index in [4.69, 9.17) is 0 Å². The van der Waals surface area contributed by atoms with Crippen LogP contribution in [0.15, 0.2) is 24.3 Å². The van der Waals surface area contributed by atoms with Crippen LogP contribution in [0, 0.1) is 6.92 Å². The van der Waals surface area contributed by atoms with Crippen LogP contribution in [0.3, 0.4) is 0 Å². The number of hydrazine groups is 1. The van der Waals surface area contributed by atoms with Crippen molar-refractivity contribution < 1.29 is 0 Å². The highest BCUT2D eigenvalue weighted by atomic mass is 32.1. The molecule has 0 bridgehead atoms. The highest BCUT2D eigenvalue weighted by Crippen LogP contribution is 2.44. The van der Waals surface area contributed by atoms with E-state index < -0.39 is 0 Å². The third-order valence-corrected chi connectivity index (χ3v) is 6.37. The standard InChI is InChI=1S/C19H26N4S/c1-4-16-12-15-13-20-18-14(2)6-5-7-17(18)23(19(15)24-16)22-10-8-21(3)9-11-22/h5-7,12,20H,4,8-11,13H2,1-3H3. The summed E-state index contributed by atoms with van der Waals surface area (Å²) in [5.74, 6) is 0. The van der Waals surface area contributed by atoms with Crippen LogP contribution in [-0.2, 0) is 13.0 Å². The largest absolute Gasteiger partial charge is 0.379 e. The molecule has 0 saturated carbocycles. The average molecular weight is 343 g/mol. The summed E-state index contributed by atoms with van der Waals surface area (Å²) in [6.45, 7) is 9.74. The van der Waals surface area contributed by atoms with Gasteiger partial charge in [0.2, 0.25) is 0 Å². The highest BCUT2D eigenvalue weighted by molar-refractivity contribution is 7.16. The lowest BCUT2D eigenvalue weighted by Crippen LogP contribution is -2.51. The summed E-state index contributed by atoms with van der Waals surface area (Å²) in [4.78, 5) is 3.88. The van der Waals surface area contributed by atoms with Gasteiger partial charge < -0.3 is 10.2 Å². The summed E-state index contributed by atoms with van der Waals surface area (Å²) in [6.07, 6.45) is 1.11. The van der Waals surface area contributed by atoms with Crippen LogP contribution in [0.1, 0.15) is 22.9 Å². The van der Waals surface area contributed by atoms with Crippen molar-refractivity contribution in [2.45, 2.75) is 26.8 Å². The summed E-state index contributed by atoms with van der Waals surface area (Å²) in [7, 11) is 2.21. The normalized spacial score (nSPS) is 18.7. The molecule has 1 aromatic carbocycles. The van der Waals surface area contributed by atoms with E-state index in [2.05, 4.69) is 65.4 Å². The van der Waals surface area contributed by atoms with E-state index in [1.165, 1.54) is 32.4 Å². The zero-order chi connectivity index (χ0) is 16.7. The lowest BCUT2D eigenvalue weighted by atomic mass is 10.1. The minimum absolute atomic E-state index is 0.911. The van der Waals surface area contributed by atoms with E-state index in [1.54, 1.807) is 0 Å². The first-order chi connectivity index (χ1) is 11.7. The van der Waals surface area contributed by atoms with Gasteiger partial charge in [0.15, 0.2) is 0 Å². The predicted molar refractivity (Wildman–Crippen MR) is 103 cm³/mol. The van der Waals surface area contributed by atoms with Crippen LogP contribution >= 0.6 is 11.3 Å². The van der Waals surface area contributed by atoms with Gasteiger partial charge in [-0.2, -0.15) is 0 Å². The van der Waals surface area contributed by atoms with Crippen molar-refractivity contribution in [3.63, 3.8) is 0 Å². The molecule has 2 aliphatic rings. The molecule has 0 unspecified atom stereocenters. The van der Waals surface area contributed by atoms with Gasteiger partial charge in [-0.15, -0.1) is 11.3 Å². The fourth-order valence-corrected chi connectivity index (χ4v) is 4.74. The number of hydrogen-bond acceptors (Lipinski definition) is 5. The van der Waals surface area contributed by atoms with E-state index in [0.29, 0.717) is 0 Å². The van der Waals surface area contributed by atoms with Gasteiger partial charge in [-0.05, 0) is 38.1 Å². The lowest BCUT2D eigenvalue weighted by molar-refractivity contribution is 0.155. The third-order valence-electron chi connectivity index (χ3n) is 5.08. The molecule has 24 heavy (non-hydrogen) atoms. The number of nitrogens with zero attached hydrogens (tertiary/aromatic N) is 3. The van der Waals surface area contributed by atoms with Gasteiger partial charge in [-0.1, -0.05) is 19.1 Å². The third kappa shape index (κ3) is 2.70. The molecule has 4 rings (SSSR count). The van der Waals surface area contributed by atoms with Crippen molar-refractivity contribution in [2.24, 2.45) is 0 Å². The Morgan fingerprint density at radius 3 is 2.71 bits per heavy atom. The van der Waals surface area contributed by atoms with Gasteiger partial charge in [0.1, 0.15) is 5.00 Å². The maximum absolute atomic E-state index is 3.69. The average Bonchev–Trinajstić information content (AvgIpc) is 2.92. The second kappa shape index (κ2) is 6.39. The van der Waals surface area contributed by atoms with Gasteiger partial charge in [-0.25, -0.2) is 5.01 Å². The van der Waals surface area contributed by atoms with Gasteiger partial charge in [0.25, 0.3) is 0 Å². The molecule has 0 spiro atoms. The second-order valence-electron chi connectivity index (χ2n) is 6.79. The Labute approximate surface area is 148 Å². The number of aryl methyl sites for hydroxylation is 2. The van der Waals surface area contributed by atoms with Crippen molar-refractivity contribution in [2.75, 3.05) is 43.6 Å². The molecular formula is C19H26N4S. The molecule has 1 saturated heterocycles. The van der Waals surface area contributed by atoms with Crippen molar-refractivity contribution in [3.8, 4) is 0 Å². The molecule has 0 radical (unpaired) electrons.